The van der Waals surface area contributed by atoms with Gasteiger partial charge in [-0.1, -0.05) is 19.9 Å². The highest BCUT2D eigenvalue weighted by Crippen LogP contribution is 2.27. The van der Waals surface area contributed by atoms with Crippen LogP contribution >= 0.6 is 0 Å². The highest BCUT2D eigenvalue weighted by atomic mass is 16.3. The Morgan fingerprint density at radius 1 is 1.29 bits per heavy atom. The normalized spacial score (nSPS) is 11.6. The standard InChI is InChI=1S/C15H23N5O/c1-4-15(5-2,10-21)9-16-13-7-6-12(3)14(8-13)20-11-17-18-19-20/h6-8,11,16,21H,4-5,9-10H2,1-3H3. The molecule has 0 radical (unpaired) electrons. The molecule has 0 spiro atoms. The smallest absolute Gasteiger partial charge is 0.143 e. The molecule has 0 aliphatic carbocycles. The van der Waals surface area contributed by atoms with Crippen LogP contribution in [0.2, 0.25) is 0 Å². The number of hydrogen-bond acceptors (Lipinski definition) is 5. The van der Waals surface area contributed by atoms with Gasteiger partial charge in [-0.05, 0) is 47.9 Å². The fourth-order valence-corrected chi connectivity index (χ4v) is 2.31. The van der Waals surface area contributed by atoms with E-state index >= 15 is 0 Å². The van der Waals surface area contributed by atoms with E-state index in [-0.39, 0.29) is 12.0 Å². The van der Waals surface area contributed by atoms with E-state index in [0.717, 1.165) is 36.3 Å². The van der Waals surface area contributed by atoms with Crippen LogP contribution in [0.4, 0.5) is 5.69 Å². The van der Waals surface area contributed by atoms with Crippen molar-refractivity contribution in [1.82, 2.24) is 20.2 Å². The second-order valence-electron chi connectivity index (χ2n) is 5.47. The molecule has 2 rings (SSSR count). The van der Waals surface area contributed by atoms with Crippen LogP contribution in [0.5, 0.6) is 0 Å². The molecule has 0 unspecified atom stereocenters. The second kappa shape index (κ2) is 6.67. The van der Waals surface area contributed by atoms with Gasteiger partial charge in [0.25, 0.3) is 0 Å². The van der Waals surface area contributed by atoms with Gasteiger partial charge in [0.15, 0.2) is 0 Å². The number of anilines is 1. The van der Waals surface area contributed by atoms with Gasteiger partial charge < -0.3 is 10.4 Å². The molecule has 1 aromatic carbocycles. The van der Waals surface area contributed by atoms with Gasteiger partial charge in [0, 0.05) is 17.6 Å². The van der Waals surface area contributed by atoms with Crippen molar-refractivity contribution in [3.8, 4) is 5.69 Å². The Morgan fingerprint density at radius 2 is 2.05 bits per heavy atom. The zero-order chi connectivity index (χ0) is 15.3. The van der Waals surface area contributed by atoms with Crippen LogP contribution in [-0.4, -0.2) is 38.5 Å². The van der Waals surface area contributed by atoms with E-state index in [4.69, 9.17) is 0 Å². The lowest BCUT2D eigenvalue weighted by Gasteiger charge is -2.30. The van der Waals surface area contributed by atoms with Crippen molar-refractivity contribution in [2.75, 3.05) is 18.5 Å². The molecule has 1 aromatic heterocycles. The fourth-order valence-electron chi connectivity index (χ4n) is 2.31. The average Bonchev–Trinajstić information content (AvgIpc) is 3.05. The van der Waals surface area contributed by atoms with E-state index < -0.39 is 0 Å². The van der Waals surface area contributed by atoms with Gasteiger partial charge in [-0.3, -0.25) is 0 Å². The monoisotopic (exact) mass is 289 g/mol. The summed E-state index contributed by atoms with van der Waals surface area (Å²) in [5, 5.41) is 24.3. The first-order valence-electron chi connectivity index (χ1n) is 7.33. The minimum atomic E-state index is -0.0696. The number of aliphatic hydroxyl groups is 1. The highest BCUT2D eigenvalue weighted by Gasteiger charge is 2.24. The molecule has 1 heterocycles. The molecule has 2 aromatic rings. The lowest BCUT2D eigenvalue weighted by molar-refractivity contribution is 0.127. The van der Waals surface area contributed by atoms with Crippen molar-refractivity contribution < 1.29 is 5.11 Å². The molecule has 0 aliphatic rings. The summed E-state index contributed by atoms with van der Waals surface area (Å²) in [6.45, 7) is 7.19. The molecule has 0 atom stereocenters. The maximum atomic E-state index is 9.63. The molecule has 2 N–H and O–H groups in total. The van der Waals surface area contributed by atoms with E-state index in [2.05, 4.69) is 34.7 Å². The van der Waals surface area contributed by atoms with Crippen LogP contribution in [0.25, 0.3) is 5.69 Å². The summed E-state index contributed by atoms with van der Waals surface area (Å²) in [6.07, 6.45) is 3.47. The van der Waals surface area contributed by atoms with E-state index in [9.17, 15) is 5.11 Å². The van der Waals surface area contributed by atoms with Crippen molar-refractivity contribution >= 4 is 5.69 Å². The molecule has 0 bridgehead atoms. The van der Waals surface area contributed by atoms with Crippen molar-refractivity contribution in [2.45, 2.75) is 33.6 Å². The zero-order valence-electron chi connectivity index (χ0n) is 12.9. The quantitative estimate of drug-likeness (QED) is 0.817. The van der Waals surface area contributed by atoms with Gasteiger partial charge in [-0.2, -0.15) is 0 Å². The minimum absolute atomic E-state index is 0.0696. The summed E-state index contributed by atoms with van der Waals surface area (Å²) < 4.78 is 1.65. The number of nitrogens with zero attached hydrogens (tertiary/aromatic N) is 4. The number of hydrogen-bond donors (Lipinski definition) is 2. The third kappa shape index (κ3) is 3.39. The molecular weight excluding hydrogens is 266 g/mol. The molecule has 0 aliphatic heterocycles. The third-order valence-electron chi connectivity index (χ3n) is 4.31. The number of nitrogens with one attached hydrogen (secondary N) is 1. The first kappa shape index (κ1) is 15.4. The number of benzene rings is 1. The van der Waals surface area contributed by atoms with Gasteiger partial charge in [0.1, 0.15) is 6.33 Å². The van der Waals surface area contributed by atoms with Crippen molar-refractivity contribution in [3.63, 3.8) is 0 Å². The highest BCUT2D eigenvalue weighted by molar-refractivity contribution is 5.54. The molecule has 0 fully saturated rings. The number of tetrazole rings is 1. The Bertz CT molecular complexity index is 555. The fraction of sp³-hybridized carbons (Fsp3) is 0.533. The lowest BCUT2D eigenvalue weighted by Crippen LogP contribution is -2.32. The Hall–Kier alpha value is -1.95. The molecule has 114 valence electrons. The molecular formula is C15H23N5O. The molecule has 21 heavy (non-hydrogen) atoms. The first-order valence-corrected chi connectivity index (χ1v) is 7.33. The van der Waals surface area contributed by atoms with Crippen LogP contribution in [0.3, 0.4) is 0 Å². The summed E-state index contributed by atoms with van der Waals surface area (Å²) in [5.41, 5.74) is 2.99. The molecule has 0 saturated heterocycles. The Kier molecular flexibility index (Phi) is 4.90. The van der Waals surface area contributed by atoms with Crippen molar-refractivity contribution in [3.05, 3.63) is 30.1 Å². The lowest BCUT2D eigenvalue weighted by atomic mass is 9.83. The number of aromatic nitrogens is 4. The van der Waals surface area contributed by atoms with Gasteiger partial charge in [0.05, 0.1) is 12.3 Å². The van der Waals surface area contributed by atoms with E-state index in [1.54, 1.807) is 11.0 Å². The summed E-state index contributed by atoms with van der Waals surface area (Å²) in [4.78, 5) is 0. The predicted octanol–water partition coefficient (Wildman–Crippen LogP) is 2.18. The number of rotatable bonds is 7. The van der Waals surface area contributed by atoms with Crippen LogP contribution in [0.15, 0.2) is 24.5 Å². The Labute approximate surface area is 125 Å². The van der Waals surface area contributed by atoms with Crippen LogP contribution in [0, 0.1) is 12.3 Å². The predicted molar refractivity (Wildman–Crippen MR) is 82.5 cm³/mol. The number of aryl methyl sites for hydroxylation is 1. The molecule has 0 saturated carbocycles. The van der Waals surface area contributed by atoms with Gasteiger partial charge >= 0.3 is 0 Å². The Morgan fingerprint density at radius 3 is 2.62 bits per heavy atom. The zero-order valence-corrected chi connectivity index (χ0v) is 12.9. The van der Waals surface area contributed by atoms with Crippen LogP contribution in [0.1, 0.15) is 32.3 Å². The van der Waals surface area contributed by atoms with Crippen LogP contribution in [-0.2, 0) is 0 Å². The topological polar surface area (TPSA) is 75.9 Å². The minimum Gasteiger partial charge on any atom is -0.396 e. The maximum absolute atomic E-state index is 9.63. The molecule has 6 nitrogen and oxygen atoms in total. The van der Waals surface area contributed by atoms with Crippen LogP contribution < -0.4 is 5.32 Å². The second-order valence-corrected chi connectivity index (χ2v) is 5.47. The molecule has 0 amide bonds. The van der Waals surface area contributed by atoms with Crippen molar-refractivity contribution in [1.29, 1.82) is 0 Å². The third-order valence-corrected chi connectivity index (χ3v) is 4.31. The summed E-state index contributed by atoms with van der Waals surface area (Å²) in [7, 11) is 0. The van der Waals surface area contributed by atoms with Gasteiger partial charge in [0.2, 0.25) is 0 Å². The van der Waals surface area contributed by atoms with E-state index in [1.807, 2.05) is 25.1 Å². The molecule has 6 heteroatoms. The summed E-state index contributed by atoms with van der Waals surface area (Å²) in [5.74, 6) is 0. The first-order chi connectivity index (χ1) is 10.1. The Balaban J connectivity index is 2.17. The SMILES string of the molecule is CCC(CC)(CO)CNc1ccc(C)c(-n2cnnn2)c1. The largest absolute Gasteiger partial charge is 0.396 e. The number of aliphatic hydroxyl groups excluding tert-OH is 1. The van der Waals surface area contributed by atoms with Gasteiger partial charge in [-0.15, -0.1) is 5.10 Å². The van der Waals surface area contributed by atoms with E-state index in [0.29, 0.717) is 0 Å². The average molecular weight is 289 g/mol. The summed E-state index contributed by atoms with van der Waals surface area (Å²) in [6, 6.07) is 6.10. The summed E-state index contributed by atoms with van der Waals surface area (Å²) >= 11 is 0. The van der Waals surface area contributed by atoms with E-state index in [1.165, 1.54) is 0 Å². The van der Waals surface area contributed by atoms with Gasteiger partial charge in [-0.25, -0.2) is 4.68 Å². The van der Waals surface area contributed by atoms with Crippen molar-refractivity contribution in [2.24, 2.45) is 5.41 Å². The maximum Gasteiger partial charge on any atom is 0.143 e.